The van der Waals surface area contributed by atoms with Crippen molar-refractivity contribution in [3.63, 3.8) is 0 Å². The molecule has 2 atom stereocenters. The third-order valence-corrected chi connectivity index (χ3v) is 3.75. The topological polar surface area (TPSA) is 49.8 Å². The van der Waals surface area contributed by atoms with Crippen molar-refractivity contribution in [2.45, 2.75) is 45.3 Å². The third-order valence-electron chi connectivity index (χ3n) is 3.75. The number of anilines is 1. The molecule has 2 rings (SSSR count). The van der Waals surface area contributed by atoms with Gasteiger partial charge in [0.05, 0.1) is 11.7 Å². The van der Waals surface area contributed by atoms with E-state index in [1.807, 2.05) is 31.0 Å². The van der Waals surface area contributed by atoms with E-state index < -0.39 is 12.1 Å². The highest BCUT2D eigenvalue weighted by molar-refractivity contribution is 5.77. The van der Waals surface area contributed by atoms with Gasteiger partial charge in [0, 0.05) is 7.05 Å². The Bertz CT molecular complexity index is 505. The van der Waals surface area contributed by atoms with Gasteiger partial charge in [-0.3, -0.25) is 0 Å². The van der Waals surface area contributed by atoms with Crippen LogP contribution >= 0.6 is 0 Å². The first-order valence-corrected chi connectivity index (χ1v) is 6.48. The van der Waals surface area contributed by atoms with E-state index in [0.29, 0.717) is 5.75 Å². The Labute approximate surface area is 114 Å². The standard InChI is InChI=1S/C15H21NO3/c1-9-13(14(17)18)19-12-7-6-10(15(2,3)4)8-11(12)16(9)5/h6-9,13H,1-5H3,(H,17,18). The molecule has 0 fully saturated rings. The highest BCUT2D eigenvalue weighted by Gasteiger charge is 2.36. The molecule has 0 spiro atoms. The zero-order chi connectivity index (χ0) is 14.4. The molecule has 1 aliphatic rings. The highest BCUT2D eigenvalue weighted by Crippen LogP contribution is 2.38. The maximum atomic E-state index is 11.2. The second-order valence-electron chi connectivity index (χ2n) is 6.16. The number of carboxylic acids is 1. The maximum absolute atomic E-state index is 11.2. The zero-order valence-corrected chi connectivity index (χ0v) is 12.1. The Hall–Kier alpha value is -1.71. The summed E-state index contributed by atoms with van der Waals surface area (Å²) in [6.45, 7) is 8.33. The van der Waals surface area contributed by atoms with E-state index in [1.165, 1.54) is 5.56 Å². The molecule has 4 nitrogen and oxygen atoms in total. The first-order chi connectivity index (χ1) is 8.71. The van der Waals surface area contributed by atoms with Gasteiger partial charge < -0.3 is 14.7 Å². The van der Waals surface area contributed by atoms with Crippen LogP contribution in [0.5, 0.6) is 5.75 Å². The molecule has 0 saturated carbocycles. The molecule has 0 aliphatic carbocycles. The van der Waals surface area contributed by atoms with E-state index in [1.54, 1.807) is 0 Å². The second-order valence-corrected chi connectivity index (χ2v) is 6.16. The highest BCUT2D eigenvalue weighted by atomic mass is 16.5. The van der Waals surface area contributed by atoms with E-state index >= 15 is 0 Å². The van der Waals surface area contributed by atoms with Gasteiger partial charge in [-0.1, -0.05) is 26.8 Å². The minimum atomic E-state index is -0.926. The summed E-state index contributed by atoms with van der Waals surface area (Å²) in [7, 11) is 1.91. The summed E-state index contributed by atoms with van der Waals surface area (Å²) in [5.41, 5.74) is 2.23. The molecule has 19 heavy (non-hydrogen) atoms. The van der Waals surface area contributed by atoms with Crippen LogP contribution in [0, 0.1) is 0 Å². The molecule has 1 heterocycles. The van der Waals surface area contributed by atoms with Crippen LogP contribution in [0.1, 0.15) is 33.3 Å². The average molecular weight is 263 g/mol. The number of nitrogens with zero attached hydrogens (tertiary/aromatic N) is 1. The molecule has 104 valence electrons. The summed E-state index contributed by atoms with van der Waals surface area (Å²) < 4.78 is 5.60. The smallest absolute Gasteiger partial charge is 0.347 e. The largest absolute Gasteiger partial charge is 0.478 e. The van der Waals surface area contributed by atoms with Crippen molar-refractivity contribution in [2.75, 3.05) is 11.9 Å². The maximum Gasteiger partial charge on any atom is 0.347 e. The van der Waals surface area contributed by atoms with Crippen LogP contribution in [0.3, 0.4) is 0 Å². The van der Waals surface area contributed by atoms with Gasteiger partial charge in [0.25, 0.3) is 0 Å². The molecular weight excluding hydrogens is 242 g/mol. The van der Waals surface area contributed by atoms with Gasteiger partial charge in [-0.05, 0) is 30.0 Å². The number of likely N-dealkylation sites (N-methyl/N-ethyl adjacent to an activating group) is 1. The molecule has 0 saturated heterocycles. The number of hydrogen-bond donors (Lipinski definition) is 1. The predicted molar refractivity (Wildman–Crippen MR) is 75.1 cm³/mol. The number of benzene rings is 1. The molecule has 0 aromatic heterocycles. The number of hydrogen-bond acceptors (Lipinski definition) is 3. The molecule has 1 aromatic rings. The van der Waals surface area contributed by atoms with E-state index in [0.717, 1.165) is 5.69 Å². The van der Waals surface area contributed by atoms with Crippen molar-refractivity contribution in [2.24, 2.45) is 0 Å². The molecular formula is C15H21NO3. The van der Waals surface area contributed by atoms with Crippen molar-refractivity contribution in [1.29, 1.82) is 0 Å². The monoisotopic (exact) mass is 263 g/mol. The van der Waals surface area contributed by atoms with Crippen molar-refractivity contribution in [3.8, 4) is 5.75 Å². The number of carboxylic acid groups (broad SMARTS) is 1. The van der Waals surface area contributed by atoms with E-state index in [2.05, 4.69) is 26.8 Å². The van der Waals surface area contributed by atoms with Gasteiger partial charge in [-0.25, -0.2) is 4.79 Å². The fourth-order valence-electron chi connectivity index (χ4n) is 2.27. The van der Waals surface area contributed by atoms with Crippen LogP contribution < -0.4 is 9.64 Å². The second kappa shape index (κ2) is 4.44. The van der Waals surface area contributed by atoms with Crippen LogP contribution in [-0.4, -0.2) is 30.3 Å². The fraction of sp³-hybridized carbons (Fsp3) is 0.533. The average Bonchev–Trinajstić information content (AvgIpc) is 2.31. The Morgan fingerprint density at radius 2 is 2.00 bits per heavy atom. The molecule has 1 N–H and O–H groups in total. The fourth-order valence-corrected chi connectivity index (χ4v) is 2.27. The van der Waals surface area contributed by atoms with Gasteiger partial charge in [-0.2, -0.15) is 0 Å². The number of fused-ring (bicyclic) bond motifs is 1. The van der Waals surface area contributed by atoms with E-state index in [-0.39, 0.29) is 11.5 Å². The van der Waals surface area contributed by atoms with Crippen LogP contribution in [-0.2, 0) is 10.2 Å². The van der Waals surface area contributed by atoms with Crippen molar-refractivity contribution in [1.82, 2.24) is 0 Å². The SMILES string of the molecule is CC1C(C(=O)O)Oc2ccc(C(C)(C)C)cc2N1C. The Morgan fingerprint density at radius 3 is 2.53 bits per heavy atom. The van der Waals surface area contributed by atoms with E-state index in [4.69, 9.17) is 4.74 Å². The van der Waals surface area contributed by atoms with Crippen LogP contribution in [0.4, 0.5) is 5.69 Å². The minimum Gasteiger partial charge on any atom is -0.478 e. The molecule has 2 unspecified atom stereocenters. The summed E-state index contributed by atoms with van der Waals surface area (Å²) in [4.78, 5) is 13.2. The lowest BCUT2D eigenvalue weighted by atomic mass is 9.86. The Balaban J connectivity index is 2.45. The first-order valence-electron chi connectivity index (χ1n) is 6.48. The Morgan fingerprint density at radius 1 is 1.37 bits per heavy atom. The van der Waals surface area contributed by atoms with Crippen molar-refractivity contribution < 1.29 is 14.6 Å². The lowest BCUT2D eigenvalue weighted by Gasteiger charge is -2.38. The minimum absolute atomic E-state index is 0.0583. The quantitative estimate of drug-likeness (QED) is 0.846. The number of rotatable bonds is 1. The summed E-state index contributed by atoms with van der Waals surface area (Å²) in [5.74, 6) is -0.286. The van der Waals surface area contributed by atoms with Gasteiger partial charge in [0.15, 0.2) is 0 Å². The molecule has 1 aliphatic heterocycles. The number of aliphatic carboxylic acids is 1. The predicted octanol–water partition coefficient (Wildman–Crippen LogP) is 2.65. The van der Waals surface area contributed by atoms with Gasteiger partial charge in [-0.15, -0.1) is 0 Å². The zero-order valence-electron chi connectivity index (χ0n) is 12.1. The van der Waals surface area contributed by atoms with Gasteiger partial charge in [0.1, 0.15) is 5.75 Å². The van der Waals surface area contributed by atoms with Crippen molar-refractivity contribution in [3.05, 3.63) is 23.8 Å². The molecule has 1 aromatic carbocycles. The molecule has 0 amide bonds. The van der Waals surface area contributed by atoms with Gasteiger partial charge >= 0.3 is 5.97 Å². The molecule has 0 radical (unpaired) electrons. The first kappa shape index (κ1) is 13.7. The Kier molecular flexibility index (Phi) is 3.20. The molecule has 0 bridgehead atoms. The lowest BCUT2D eigenvalue weighted by Crippen LogP contribution is -2.50. The van der Waals surface area contributed by atoms with Crippen LogP contribution in [0.2, 0.25) is 0 Å². The van der Waals surface area contributed by atoms with Crippen LogP contribution in [0.25, 0.3) is 0 Å². The summed E-state index contributed by atoms with van der Waals surface area (Å²) in [5, 5.41) is 9.18. The lowest BCUT2D eigenvalue weighted by molar-refractivity contribution is -0.146. The van der Waals surface area contributed by atoms with E-state index in [9.17, 15) is 9.90 Å². The van der Waals surface area contributed by atoms with Crippen molar-refractivity contribution >= 4 is 11.7 Å². The third kappa shape index (κ3) is 2.39. The summed E-state index contributed by atoms with van der Waals surface area (Å²) in [6, 6.07) is 5.76. The van der Waals surface area contributed by atoms with Gasteiger partial charge in [0.2, 0.25) is 6.10 Å². The van der Waals surface area contributed by atoms with Crippen LogP contribution in [0.15, 0.2) is 18.2 Å². The molecule has 4 heteroatoms. The normalized spacial score (nSPS) is 22.7. The number of carbonyl (C=O) groups is 1. The summed E-state index contributed by atoms with van der Waals surface area (Å²) >= 11 is 0. The summed E-state index contributed by atoms with van der Waals surface area (Å²) in [6.07, 6.45) is -0.821. The number of ether oxygens (including phenoxy) is 1.